The highest BCUT2D eigenvalue weighted by Gasteiger charge is 2.29. The number of hydrogen-bond acceptors (Lipinski definition) is 7. The molecule has 2 aromatic heterocycles. The van der Waals surface area contributed by atoms with Gasteiger partial charge in [0.2, 0.25) is 5.89 Å². The van der Waals surface area contributed by atoms with Crippen molar-refractivity contribution in [3.05, 3.63) is 27.8 Å². The lowest BCUT2D eigenvalue weighted by Gasteiger charge is -2.30. The molecule has 0 aliphatic carbocycles. The molecule has 23 heavy (non-hydrogen) atoms. The zero-order valence-corrected chi connectivity index (χ0v) is 14.1. The van der Waals surface area contributed by atoms with Crippen molar-refractivity contribution in [3.63, 3.8) is 0 Å². The average Bonchev–Trinajstić information content (AvgIpc) is 3.24. The maximum absolute atomic E-state index is 12.6. The number of amides is 1. The zero-order valence-electron chi connectivity index (χ0n) is 13.3. The number of hydrogen-bond donors (Lipinski definition) is 0. The van der Waals surface area contributed by atoms with Crippen LogP contribution in [0.25, 0.3) is 0 Å². The molecule has 8 heteroatoms. The van der Waals surface area contributed by atoms with Crippen molar-refractivity contribution >= 4 is 17.2 Å². The fourth-order valence-electron chi connectivity index (χ4n) is 2.71. The van der Waals surface area contributed by atoms with Gasteiger partial charge >= 0.3 is 0 Å². The smallest absolute Gasteiger partial charge is 0.273 e. The maximum Gasteiger partial charge on any atom is 0.273 e. The van der Waals surface area contributed by atoms with Gasteiger partial charge in [-0.3, -0.25) is 4.79 Å². The highest BCUT2D eigenvalue weighted by atomic mass is 32.1. The number of carbonyl (C=O) groups is 1. The summed E-state index contributed by atoms with van der Waals surface area (Å²) in [5, 5.41) is 6.66. The summed E-state index contributed by atoms with van der Waals surface area (Å²) in [6.45, 7) is 3.76. The van der Waals surface area contributed by atoms with Crippen molar-refractivity contribution < 1.29 is 14.1 Å². The van der Waals surface area contributed by atoms with Crippen LogP contribution in [-0.4, -0.2) is 46.1 Å². The number of methoxy groups -OCH3 is 1. The van der Waals surface area contributed by atoms with E-state index in [1.807, 2.05) is 11.8 Å². The number of aryl methyl sites for hydroxylation is 1. The molecule has 1 amide bonds. The minimum Gasteiger partial charge on any atom is -0.378 e. The molecule has 3 heterocycles. The van der Waals surface area contributed by atoms with Gasteiger partial charge in [0.15, 0.2) is 5.82 Å². The Balaban J connectivity index is 1.68. The Morgan fingerprint density at radius 1 is 1.52 bits per heavy atom. The van der Waals surface area contributed by atoms with Crippen molar-refractivity contribution in [2.24, 2.45) is 0 Å². The van der Waals surface area contributed by atoms with Crippen molar-refractivity contribution in [2.45, 2.75) is 38.7 Å². The van der Waals surface area contributed by atoms with Gasteiger partial charge in [-0.05, 0) is 12.8 Å². The molecule has 7 nitrogen and oxygen atoms in total. The number of likely N-dealkylation sites (tertiary alicyclic amines) is 1. The Bertz CT molecular complexity index is 669. The largest absolute Gasteiger partial charge is 0.378 e. The number of nitrogens with zero attached hydrogens (tertiary/aromatic N) is 4. The highest BCUT2D eigenvalue weighted by molar-refractivity contribution is 7.09. The summed E-state index contributed by atoms with van der Waals surface area (Å²) in [4.78, 5) is 23.2. The van der Waals surface area contributed by atoms with Gasteiger partial charge in [-0.2, -0.15) is 4.98 Å². The van der Waals surface area contributed by atoms with Crippen LogP contribution in [0, 0.1) is 0 Å². The molecule has 1 aliphatic rings. The van der Waals surface area contributed by atoms with E-state index in [-0.39, 0.29) is 11.8 Å². The number of carbonyl (C=O) groups excluding carboxylic acids is 1. The molecule has 0 bridgehead atoms. The highest BCUT2D eigenvalue weighted by Crippen LogP contribution is 2.26. The summed E-state index contributed by atoms with van der Waals surface area (Å²) in [5.41, 5.74) is 0.491. The van der Waals surface area contributed by atoms with Gasteiger partial charge in [-0.25, -0.2) is 4.98 Å². The second kappa shape index (κ2) is 7.18. The predicted molar refractivity (Wildman–Crippen MR) is 84.4 cm³/mol. The summed E-state index contributed by atoms with van der Waals surface area (Å²) >= 11 is 1.45. The molecule has 2 aromatic rings. The summed E-state index contributed by atoms with van der Waals surface area (Å²) in [7, 11) is 1.62. The van der Waals surface area contributed by atoms with Gasteiger partial charge in [-0.1, -0.05) is 12.1 Å². The molecule has 1 fully saturated rings. The van der Waals surface area contributed by atoms with Gasteiger partial charge in [0.1, 0.15) is 10.7 Å². The second-order valence-electron chi connectivity index (χ2n) is 5.55. The van der Waals surface area contributed by atoms with Crippen LogP contribution in [-0.2, 0) is 17.8 Å². The van der Waals surface area contributed by atoms with Crippen LogP contribution in [0.2, 0.25) is 0 Å². The first kappa shape index (κ1) is 16.1. The first-order valence-corrected chi connectivity index (χ1v) is 8.64. The summed E-state index contributed by atoms with van der Waals surface area (Å²) < 4.78 is 10.2. The molecule has 124 valence electrons. The normalized spacial score (nSPS) is 18.3. The van der Waals surface area contributed by atoms with Crippen LogP contribution in [0.1, 0.15) is 52.9 Å². The quantitative estimate of drug-likeness (QED) is 0.833. The molecule has 1 aliphatic heterocycles. The van der Waals surface area contributed by atoms with Crippen LogP contribution in [0.4, 0.5) is 0 Å². The number of ether oxygens (including phenoxy) is 1. The Morgan fingerprint density at radius 3 is 3.13 bits per heavy atom. The first-order valence-electron chi connectivity index (χ1n) is 7.76. The van der Waals surface area contributed by atoms with Crippen molar-refractivity contribution in [1.82, 2.24) is 20.0 Å². The fourth-order valence-corrected chi connectivity index (χ4v) is 3.45. The van der Waals surface area contributed by atoms with Crippen molar-refractivity contribution in [2.75, 3.05) is 20.2 Å². The van der Waals surface area contributed by atoms with E-state index in [9.17, 15) is 4.79 Å². The molecular weight excluding hydrogens is 316 g/mol. The zero-order chi connectivity index (χ0) is 16.2. The summed E-state index contributed by atoms with van der Waals surface area (Å²) in [6, 6.07) is 0. The van der Waals surface area contributed by atoms with E-state index in [1.165, 1.54) is 11.3 Å². The topological polar surface area (TPSA) is 81.4 Å². The van der Waals surface area contributed by atoms with Gasteiger partial charge in [0.25, 0.3) is 5.91 Å². The van der Waals surface area contributed by atoms with Crippen LogP contribution in [0.5, 0.6) is 0 Å². The van der Waals surface area contributed by atoms with Gasteiger partial charge < -0.3 is 14.2 Å². The molecular formula is C15H20N4O3S. The van der Waals surface area contributed by atoms with Gasteiger partial charge in [-0.15, -0.1) is 11.3 Å². The number of aromatic nitrogens is 3. The molecule has 0 saturated carbocycles. The van der Waals surface area contributed by atoms with E-state index in [0.717, 1.165) is 30.8 Å². The minimum atomic E-state index is -0.0347. The SMILES string of the molecule is CCc1nc([C@H]2CCCN(C(=O)c3csc(COC)n3)C2)no1. The van der Waals surface area contributed by atoms with Crippen LogP contribution < -0.4 is 0 Å². The lowest BCUT2D eigenvalue weighted by molar-refractivity contribution is 0.0698. The Morgan fingerprint density at radius 2 is 2.39 bits per heavy atom. The average molecular weight is 336 g/mol. The Kier molecular flexibility index (Phi) is 5.02. The maximum atomic E-state index is 12.6. The van der Waals surface area contributed by atoms with E-state index >= 15 is 0 Å². The van der Waals surface area contributed by atoms with E-state index < -0.39 is 0 Å². The first-order chi connectivity index (χ1) is 11.2. The molecule has 3 rings (SSSR count). The lowest BCUT2D eigenvalue weighted by Crippen LogP contribution is -2.39. The molecule has 1 atom stereocenters. The van der Waals surface area contributed by atoms with Crippen molar-refractivity contribution in [3.8, 4) is 0 Å². The van der Waals surface area contributed by atoms with E-state index in [1.54, 1.807) is 12.5 Å². The standard InChI is InChI=1S/C15H20N4O3S/c1-3-12-17-14(18-22-12)10-5-4-6-19(7-10)15(20)11-9-23-13(16-11)8-21-2/h9-10H,3-8H2,1-2H3/t10-/m0/s1. The second-order valence-corrected chi connectivity index (χ2v) is 6.49. The third-order valence-electron chi connectivity index (χ3n) is 3.90. The number of thiazole rings is 1. The van der Waals surface area contributed by atoms with Gasteiger partial charge in [0, 0.05) is 37.9 Å². The monoisotopic (exact) mass is 336 g/mol. The van der Waals surface area contributed by atoms with Crippen LogP contribution in [0.15, 0.2) is 9.90 Å². The molecule has 0 radical (unpaired) electrons. The molecule has 0 aromatic carbocycles. The molecule has 0 N–H and O–H groups in total. The van der Waals surface area contributed by atoms with E-state index in [0.29, 0.717) is 30.6 Å². The molecule has 1 saturated heterocycles. The van der Waals surface area contributed by atoms with Crippen molar-refractivity contribution in [1.29, 1.82) is 0 Å². The number of piperidine rings is 1. The Hall–Kier alpha value is -1.80. The third-order valence-corrected chi connectivity index (χ3v) is 4.72. The van der Waals surface area contributed by atoms with E-state index in [4.69, 9.17) is 9.26 Å². The van der Waals surface area contributed by atoms with Crippen LogP contribution >= 0.6 is 11.3 Å². The van der Waals surface area contributed by atoms with Gasteiger partial charge in [0.05, 0.1) is 6.61 Å². The van der Waals surface area contributed by atoms with E-state index in [2.05, 4.69) is 15.1 Å². The minimum absolute atomic E-state index is 0.0347. The Labute approximate surface area is 138 Å². The molecule has 0 spiro atoms. The molecule has 0 unspecified atom stereocenters. The lowest BCUT2D eigenvalue weighted by atomic mass is 9.97. The number of rotatable bonds is 5. The van der Waals surface area contributed by atoms with Crippen LogP contribution in [0.3, 0.4) is 0 Å². The summed E-state index contributed by atoms with van der Waals surface area (Å²) in [5.74, 6) is 1.45. The predicted octanol–water partition coefficient (Wildman–Crippen LogP) is 2.25. The summed E-state index contributed by atoms with van der Waals surface area (Å²) in [6.07, 6.45) is 2.63. The third kappa shape index (κ3) is 3.59. The fraction of sp³-hybridized carbons (Fsp3) is 0.600.